The van der Waals surface area contributed by atoms with Crippen LogP contribution in [-0.2, 0) is 4.79 Å². The van der Waals surface area contributed by atoms with Crippen LogP contribution in [0, 0.1) is 0 Å². The number of benzene rings is 1. The van der Waals surface area contributed by atoms with Crippen LogP contribution in [0.15, 0.2) is 18.2 Å². The Bertz CT molecular complexity index is 674. The first-order valence-electron chi connectivity index (χ1n) is 7.38. The number of hydrogen-bond donors (Lipinski definition) is 2. The summed E-state index contributed by atoms with van der Waals surface area (Å²) in [6, 6.07) is 4.66. The van der Waals surface area contributed by atoms with Crippen molar-refractivity contribution in [1.29, 1.82) is 0 Å². The number of nitrogens with zero attached hydrogens (tertiary/aromatic N) is 1. The summed E-state index contributed by atoms with van der Waals surface area (Å²) in [5.41, 5.74) is -0.201. The molecule has 0 aromatic heterocycles. The molecular weight excluding hydrogens is 320 g/mol. The van der Waals surface area contributed by atoms with E-state index >= 15 is 0 Å². The molecule has 0 aliphatic carbocycles. The van der Waals surface area contributed by atoms with Crippen LogP contribution >= 0.6 is 11.8 Å². The number of carbonyl (C=O) groups excluding carboxylic acids is 2. The van der Waals surface area contributed by atoms with Gasteiger partial charge in [-0.25, -0.2) is 4.79 Å². The van der Waals surface area contributed by atoms with Gasteiger partial charge in [-0.1, -0.05) is 6.07 Å². The van der Waals surface area contributed by atoms with Crippen LogP contribution in [0.4, 0.5) is 4.79 Å². The summed E-state index contributed by atoms with van der Waals surface area (Å²) in [5.74, 6) is 2.38. The van der Waals surface area contributed by atoms with Gasteiger partial charge < -0.3 is 19.9 Å². The topological polar surface area (TPSA) is 88.1 Å². The molecule has 8 heteroatoms. The second-order valence-electron chi connectivity index (χ2n) is 5.86. The van der Waals surface area contributed by atoms with Crippen LogP contribution in [0.5, 0.6) is 11.5 Å². The van der Waals surface area contributed by atoms with Gasteiger partial charge in [-0.2, -0.15) is 11.8 Å². The van der Waals surface area contributed by atoms with E-state index in [4.69, 9.17) is 9.47 Å². The Morgan fingerprint density at radius 1 is 1.35 bits per heavy atom. The third-order valence-corrected chi connectivity index (χ3v) is 5.59. The van der Waals surface area contributed by atoms with Gasteiger partial charge in [0.25, 0.3) is 5.91 Å². The molecule has 2 N–H and O–H groups in total. The van der Waals surface area contributed by atoms with E-state index in [2.05, 4.69) is 5.32 Å². The Kier molecular flexibility index (Phi) is 3.38. The lowest BCUT2D eigenvalue weighted by Gasteiger charge is -2.21. The molecule has 122 valence electrons. The zero-order chi connectivity index (χ0) is 16.0. The Balaban J connectivity index is 1.51. The van der Waals surface area contributed by atoms with Crippen molar-refractivity contribution in [2.75, 3.05) is 24.8 Å². The number of urea groups is 1. The fourth-order valence-electron chi connectivity index (χ4n) is 3.07. The summed E-state index contributed by atoms with van der Waals surface area (Å²) in [5, 5.41) is 13.2. The monoisotopic (exact) mass is 336 g/mol. The highest BCUT2D eigenvalue weighted by molar-refractivity contribution is 7.99. The number of fused-ring (bicyclic) bond motifs is 1. The van der Waals surface area contributed by atoms with Crippen molar-refractivity contribution in [3.05, 3.63) is 23.8 Å². The summed E-state index contributed by atoms with van der Waals surface area (Å²) in [4.78, 5) is 25.8. The van der Waals surface area contributed by atoms with E-state index in [9.17, 15) is 14.7 Å². The van der Waals surface area contributed by atoms with Gasteiger partial charge in [0.15, 0.2) is 11.5 Å². The van der Waals surface area contributed by atoms with E-state index in [1.54, 1.807) is 30.0 Å². The van der Waals surface area contributed by atoms with Crippen molar-refractivity contribution >= 4 is 23.7 Å². The molecule has 3 aliphatic rings. The van der Waals surface area contributed by atoms with Gasteiger partial charge in [-0.05, 0) is 29.9 Å². The molecular formula is C15H16N2O5S. The third-order valence-electron chi connectivity index (χ3n) is 4.40. The first-order valence-corrected chi connectivity index (χ1v) is 8.54. The van der Waals surface area contributed by atoms with Crippen LogP contribution in [0.3, 0.4) is 0 Å². The fourth-order valence-corrected chi connectivity index (χ4v) is 4.40. The van der Waals surface area contributed by atoms with Gasteiger partial charge in [0.05, 0.1) is 12.6 Å². The molecule has 3 amide bonds. The van der Waals surface area contributed by atoms with Gasteiger partial charge in [0.2, 0.25) is 6.79 Å². The number of amides is 3. The van der Waals surface area contributed by atoms with Gasteiger partial charge >= 0.3 is 6.03 Å². The molecule has 7 nitrogen and oxygen atoms in total. The summed E-state index contributed by atoms with van der Waals surface area (Å²) < 4.78 is 10.5. The largest absolute Gasteiger partial charge is 0.454 e. The van der Waals surface area contributed by atoms with Crippen LogP contribution in [0.25, 0.3) is 0 Å². The van der Waals surface area contributed by atoms with Crippen LogP contribution in [0.1, 0.15) is 18.1 Å². The molecule has 1 spiro atoms. The maximum Gasteiger partial charge on any atom is 0.325 e. The number of thioether (sulfide) groups is 1. The maximum atomic E-state index is 12.6. The van der Waals surface area contributed by atoms with Crippen molar-refractivity contribution in [3.63, 3.8) is 0 Å². The second kappa shape index (κ2) is 5.31. The minimum Gasteiger partial charge on any atom is -0.454 e. The number of rotatable bonds is 3. The van der Waals surface area contributed by atoms with Crippen molar-refractivity contribution in [1.82, 2.24) is 10.2 Å². The standard InChI is InChI=1S/C15H16N2O5S/c18-10(9-1-2-11-12(5-9)22-8-21-11)6-17-13(19)15(16-14(17)20)3-4-23-7-15/h1-2,5,10,18H,3-4,6-8H2,(H,16,20)/t10-,15+/m0/s1. The number of nitrogens with one attached hydrogen (secondary N) is 1. The summed E-state index contributed by atoms with van der Waals surface area (Å²) >= 11 is 1.65. The maximum absolute atomic E-state index is 12.6. The predicted molar refractivity (Wildman–Crippen MR) is 82.4 cm³/mol. The zero-order valence-electron chi connectivity index (χ0n) is 12.3. The molecule has 2 atom stereocenters. The summed E-state index contributed by atoms with van der Waals surface area (Å²) in [6.45, 7) is 0.0822. The average Bonchev–Trinajstić information content (AvgIpc) is 3.24. The van der Waals surface area contributed by atoms with Gasteiger partial charge in [-0.3, -0.25) is 9.69 Å². The van der Waals surface area contributed by atoms with Crippen LogP contribution < -0.4 is 14.8 Å². The van der Waals surface area contributed by atoms with Crippen LogP contribution in [-0.4, -0.2) is 52.3 Å². The minimum atomic E-state index is -0.969. The molecule has 3 aliphatic heterocycles. The minimum absolute atomic E-state index is 0.0727. The first-order chi connectivity index (χ1) is 11.1. The van der Waals surface area contributed by atoms with E-state index in [1.165, 1.54) is 0 Å². The van der Waals surface area contributed by atoms with Gasteiger partial charge in [-0.15, -0.1) is 0 Å². The predicted octanol–water partition coefficient (Wildman–Crippen LogP) is 0.876. The SMILES string of the molecule is O=C1N[C@@]2(CCSC2)C(=O)N1C[C@H](O)c1ccc2c(c1)OCO2. The zero-order valence-corrected chi connectivity index (χ0v) is 13.1. The number of hydrogen-bond acceptors (Lipinski definition) is 6. The molecule has 1 aromatic carbocycles. The molecule has 3 heterocycles. The lowest BCUT2D eigenvalue weighted by atomic mass is 9.99. The van der Waals surface area contributed by atoms with E-state index in [1.807, 2.05) is 0 Å². The molecule has 0 saturated carbocycles. The van der Waals surface area contributed by atoms with Gasteiger partial charge in [0.1, 0.15) is 5.54 Å². The number of aliphatic hydroxyl groups is 1. The van der Waals surface area contributed by atoms with Crippen LogP contribution in [0.2, 0.25) is 0 Å². The highest BCUT2D eigenvalue weighted by Crippen LogP contribution is 2.36. The Hall–Kier alpha value is -1.93. The van der Waals surface area contributed by atoms with E-state index < -0.39 is 17.7 Å². The van der Waals surface area contributed by atoms with Crippen molar-refractivity contribution in [2.24, 2.45) is 0 Å². The first kappa shape index (κ1) is 14.6. The van der Waals surface area contributed by atoms with Crippen molar-refractivity contribution in [2.45, 2.75) is 18.1 Å². The Labute approximate surface area is 136 Å². The molecule has 1 aromatic rings. The van der Waals surface area contributed by atoms with E-state index in [0.717, 1.165) is 10.7 Å². The molecule has 23 heavy (non-hydrogen) atoms. The summed E-state index contributed by atoms with van der Waals surface area (Å²) in [6.07, 6.45) is -0.331. The molecule has 2 fully saturated rings. The quantitative estimate of drug-likeness (QED) is 0.797. The lowest BCUT2D eigenvalue weighted by molar-refractivity contribution is -0.131. The second-order valence-corrected chi connectivity index (χ2v) is 6.96. The molecule has 0 radical (unpaired) electrons. The normalized spacial score (nSPS) is 26.9. The number of carbonyl (C=O) groups is 2. The Morgan fingerprint density at radius 2 is 2.17 bits per heavy atom. The Morgan fingerprint density at radius 3 is 2.96 bits per heavy atom. The van der Waals surface area contributed by atoms with E-state index in [-0.39, 0.29) is 19.2 Å². The van der Waals surface area contributed by atoms with E-state index in [0.29, 0.717) is 29.2 Å². The average molecular weight is 336 g/mol. The summed E-state index contributed by atoms with van der Waals surface area (Å²) in [7, 11) is 0. The molecule has 4 rings (SSSR count). The molecule has 0 unspecified atom stereocenters. The molecule has 2 saturated heterocycles. The third kappa shape index (κ3) is 2.33. The number of β-amino-alcohol motifs (C(OH)–C–C–N with tert-alkyl or cyclic N) is 1. The highest BCUT2D eigenvalue weighted by atomic mass is 32.2. The molecule has 0 bridgehead atoms. The van der Waals surface area contributed by atoms with Gasteiger partial charge in [0, 0.05) is 5.75 Å². The highest BCUT2D eigenvalue weighted by Gasteiger charge is 2.53. The fraction of sp³-hybridized carbons (Fsp3) is 0.467. The number of aliphatic hydroxyl groups excluding tert-OH is 1. The smallest absolute Gasteiger partial charge is 0.325 e. The lowest BCUT2D eigenvalue weighted by Crippen LogP contribution is -2.47. The number of ether oxygens (including phenoxy) is 2. The van der Waals surface area contributed by atoms with Crippen molar-refractivity contribution in [3.8, 4) is 11.5 Å². The van der Waals surface area contributed by atoms with Crippen molar-refractivity contribution < 1.29 is 24.2 Å². The number of imide groups is 1.